The molecule has 0 spiro atoms. The summed E-state index contributed by atoms with van der Waals surface area (Å²) in [6.45, 7) is 5.31. The highest BCUT2D eigenvalue weighted by molar-refractivity contribution is 6.12. The molecule has 0 aromatic heterocycles. The number of carbonyl (C=O) groups excluding carboxylic acids is 2. The number of carboxylic acids is 1. The summed E-state index contributed by atoms with van der Waals surface area (Å²) in [6.07, 6.45) is -3.64. The highest BCUT2D eigenvalue weighted by Crippen LogP contribution is 2.35. The summed E-state index contributed by atoms with van der Waals surface area (Å²) >= 11 is 0. The lowest BCUT2D eigenvalue weighted by atomic mass is 10.0. The average molecular weight is 492 g/mol. The maximum absolute atomic E-state index is 13.3. The van der Waals surface area contributed by atoms with E-state index in [4.69, 9.17) is 4.74 Å². The molecule has 0 bridgehead atoms. The zero-order valence-electron chi connectivity index (χ0n) is 19.6. The van der Waals surface area contributed by atoms with Gasteiger partial charge in [-0.25, -0.2) is 4.79 Å². The molecule has 35 heavy (non-hydrogen) atoms. The van der Waals surface area contributed by atoms with Crippen LogP contribution in [0.15, 0.2) is 42.5 Å². The second-order valence-corrected chi connectivity index (χ2v) is 9.28. The number of nitrogens with zero attached hydrogens (tertiary/aromatic N) is 1. The van der Waals surface area contributed by atoms with Crippen LogP contribution in [0.5, 0.6) is 0 Å². The lowest BCUT2D eigenvalue weighted by Gasteiger charge is -2.38. The highest BCUT2D eigenvalue weighted by Gasteiger charge is 2.35. The van der Waals surface area contributed by atoms with Gasteiger partial charge in [0, 0.05) is 17.8 Å². The van der Waals surface area contributed by atoms with Crippen LogP contribution in [-0.2, 0) is 15.7 Å². The van der Waals surface area contributed by atoms with Gasteiger partial charge in [-0.15, -0.1) is 0 Å². The molecule has 0 saturated carbocycles. The molecule has 1 aliphatic rings. The molecule has 7 nitrogen and oxygen atoms in total. The molecular formula is C25H27F3N2O5. The SMILES string of the molecule is CC(C)(C)OC(=O)CCCCC1Nc2cc(C(=O)O)ccc2C(=O)N1c1ccc(C(F)(F)F)cc1. The van der Waals surface area contributed by atoms with Crippen molar-refractivity contribution in [3.63, 3.8) is 0 Å². The highest BCUT2D eigenvalue weighted by atomic mass is 19.4. The van der Waals surface area contributed by atoms with Crippen LogP contribution in [0.2, 0.25) is 0 Å². The quantitative estimate of drug-likeness (QED) is 0.380. The molecule has 1 heterocycles. The minimum Gasteiger partial charge on any atom is -0.478 e. The third kappa shape index (κ3) is 6.52. The van der Waals surface area contributed by atoms with E-state index in [0.29, 0.717) is 24.9 Å². The van der Waals surface area contributed by atoms with Crippen LogP contribution < -0.4 is 10.2 Å². The number of benzene rings is 2. The van der Waals surface area contributed by atoms with Crippen molar-refractivity contribution >= 4 is 29.2 Å². The Labute approximate surface area is 200 Å². The zero-order valence-corrected chi connectivity index (χ0v) is 19.6. The Balaban J connectivity index is 1.83. The Hall–Kier alpha value is -3.56. The minimum atomic E-state index is -4.51. The number of halogens is 3. The van der Waals surface area contributed by atoms with Crippen LogP contribution >= 0.6 is 0 Å². The number of esters is 1. The van der Waals surface area contributed by atoms with E-state index in [1.54, 1.807) is 20.8 Å². The number of aromatic carboxylic acids is 1. The molecule has 1 atom stereocenters. The fraction of sp³-hybridized carbons (Fsp3) is 0.400. The van der Waals surface area contributed by atoms with Gasteiger partial charge in [0.1, 0.15) is 11.8 Å². The summed E-state index contributed by atoms with van der Waals surface area (Å²) in [4.78, 5) is 38.0. The number of rotatable bonds is 7. The van der Waals surface area contributed by atoms with E-state index >= 15 is 0 Å². The van der Waals surface area contributed by atoms with Gasteiger partial charge in [-0.2, -0.15) is 13.2 Å². The van der Waals surface area contributed by atoms with Gasteiger partial charge < -0.3 is 15.2 Å². The molecule has 188 valence electrons. The molecule has 2 N–H and O–H groups in total. The molecule has 1 amide bonds. The number of anilines is 2. The number of alkyl halides is 3. The smallest absolute Gasteiger partial charge is 0.416 e. The van der Waals surface area contributed by atoms with Crippen molar-refractivity contribution in [2.75, 3.05) is 10.2 Å². The summed E-state index contributed by atoms with van der Waals surface area (Å²) in [5.41, 5.74) is -0.634. The number of hydrogen-bond donors (Lipinski definition) is 2. The number of nitrogens with one attached hydrogen (secondary N) is 1. The maximum atomic E-state index is 13.3. The van der Waals surface area contributed by atoms with Gasteiger partial charge in [0.25, 0.3) is 5.91 Å². The van der Waals surface area contributed by atoms with E-state index in [0.717, 1.165) is 12.1 Å². The van der Waals surface area contributed by atoms with Crippen LogP contribution in [-0.4, -0.2) is 34.7 Å². The van der Waals surface area contributed by atoms with Crippen molar-refractivity contribution in [2.24, 2.45) is 0 Å². The average Bonchev–Trinajstić information content (AvgIpc) is 2.75. The molecule has 2 aromatic carbocycles. The first-order valence-electron chi connectivity index (χ1n) is 11.1. The standard InChI is InChI=1S/C25H27F3N2O5/c1-24(2,3)35-21(31)7-5-4-6-20-29-19-14-15(23(33)34)8-13-18(19)22(32)30(20)17-11-9-16(10-12-17)25(26,27)28/h8-14,20,29H,4-7H2,1-3H3,(H,33,34). The lowest BCUT2D eigenvalue weighted by Crippen LogP contribution is -2.49. The molecule has 1 unspecified atom stereocenters. The number of fused-ring (bicyclic) bond motifs is 1. The lowest BCUT2D eigenvalue weighted by molar-refractivity contribution is -0.155. The number of hydrogen-bond acceptors (Lipinski definition) is 5. The summed E-state index contributed by atoms with van der Waals surface area (Å²) < 4.78 is 44.3. The van der Waals surface area contributed by atoms with Crippen LogP contribution in [0.25, 0.3) is 0 Å². The molecule has 0 fully saturated rings. The van der Waals surface area contributed by atoms with E-state index < -0.39 is 35.4 Å². The van der Waals surface area contributed by atoms with Crippen molar-refractivity contribution < 1.29 is 37.4 Å². The van der Waals surface area contributed by atoms with E-state index in [1.165, 1.54) is 35.2 Å². The number of carboxylic acid groups (broad SMARTS) is 1. The second kappa shape index (κ2) is 9.97. The number of ether oxygens (including phenoxy) is 1. The van der Waals surface area contributed by atoms with Gasteiger partial charge >= 0.3 is 18.1 Å². The topological polar surface area (TPSA) is 95.9 Å². The number of carbonyl (C=O) groups is 3. The molecular weight excluding hydrogens is 465 g/mol. The molecule has 0 aliphatic carbocycles. The molecule has 1 aliphatic heterocycles. The predicted octanol–water partition coefficient (Wildman–Crippen LogP) is 5.70. The Kier molecular flexibility index (Phi) is 7.42. The first kappa shape index (κ1) is 26.1. The Morgan fingerprint density at radius 2 is 1.71 bits per heavy atom. The summed E-state index contributed by atoms with van der Waals surface area (Å²) in [7, 11) is 0. The van der Waals surface area contributed by atoms with Gasteiger partial charge in [0.15, 0.2) is 0 Å². The van der Waals surface area contributed by atoms with Crippen molar-refractivity contribution in [3.05, 3.63) is 59.2 Å². The van der Waals surface area contributed by atoms with Crippen molar-refractivity contribution in [1.29, 1.82) is 0 Å². The molecule has 3 rings (SSSR count). The first-order valence-corrected chi connectivity index (χ1v) is 11.1. The van der Waals surface area contributed by atoms with Crippen molar-refractivity contribution in [3.8, 4) is 0 Å². The second-order valence-electron chi connectivity index (χ2n) is 9.28. The van der Waals surface area contributed by atoms with Crippen LogP contribution in [0.4, 0.5) is 24.5 Å². The van der Waals surface area contributed by atoms with Gasteiger partial charge in [-0.3, -0.25) is 14.5 Å². The van der Waals surface area contributed by atoms with Gasteiger partial charge in [0.05, 0.1) is 16.7 Å². The normalized spacial score (nSPS) is 15.9. The van der Waals surface area contributed by atoms with Crippen LogP contribution in [0.1, 0.15) is 72.7 Å². The van der Waals surface area contributed by atoms with Gasteiger partial charge in [-0.1, -0.05) is 0 Å². The monoisotopic (exact) mass is 492 g/mol. The van der Waals surface area contributed by atoms with Gasteiger partial charge in [-0.05, 0) is 82.5 Å². The number of unbranched alkanes of at least 4 members (excludes halogenated alkanes) is 1. The van der Waals surface area contributed by atoms with E-state index in [2.05, 4.69) is 5.32 Å². The molecule has 10 heteroatoms. The third-order valence-electron chi connectivity index (χ3n) is 5.35. The van der Waals surface area contributed by atoms with E-state index in [-0.39, 0.29) is 29.2 Å². The van der Waals surface area contributed by atoms with Gasteiger partial charge in [0.2, 0.25) is 0 Å². The van der Waals surface area contributed by atoms with E-state index in [9.17, 15) is 32.7 Å². The molecule has 2 aromatic rings. The maximum Gasteiger partial charge on any atom is 0.416 e. The Morgan fingerprint density at radius 1 is 1.06 bits per heavy atom. The Morgan fingerprint density at radius 3 is 2.29 bits per heavy atom. The van der Waals surface area contributed by atoms with Crippen molar-refractivity contribution in [1.82, 2.24) is 0 Å². The zero-order chi connectivity index (χ0) is 26.0. The predicted molar refractivity (Wildman–Crippen MR) is 123 cm³/mol. The Bertz CT molecular complexity index is 1110. The van der Waals surface area contributed by atoms with E-state index in [1.807, 2.05) is 0 Å². The number of amides is 1. The summed E-state index contributed by atoms with van der Waals surface area (Å²) in [5.74, 6) is -1.96. The largest absolute Gasteiger partial charge is 0.478 e. The fourth-order valence-corrected chi connectivity index (χ4v) is 3.81. The minimum absolute atomic E-state index is 0.00398. The fourth-order valence-electron chi connectivity index (χ4n) is 3.81. The first-order chi connectivity index (χ1) is 16.3. The van der Waals surface area contributed by atoms with Crippen LogP contribution in [0.3, 0.4) is 0 Å². The van der Waals surface area contributed by atoms with Crippen molar-refractivity contribution in [2.45, 2.75) is 64.4 Å². The third-order valence-corrected chi connectivity index (χ3v) is 5.35. The molecule has 0 radical (unpaired) electrons. The molecule has 0 saturated heterocycles. The summed E-state index contributed by atoms with van der Waals surface area (Å²) in [6, 6.07) is 8.31. The summed E-state index contributed by atoms with van der Waals surface area (Å²) in [5, 5.41) is 12.4. The van der Waals surface area contributed by atoms with Crippen LogP contribution in [0, 0.1) is 0 Å².